The number of carboxylic acid groups (broad SMARTS) is 1. The summed E-state index contributed by atoms with van der Waals surface area (Å²) >= 11 is 0. The van der Waals surface area contributed by atoms with E-state index in [0.29, 0.717) is 0 Å². The minimum Gasteiger partial charge on any atom is -0.478 e. The standard InChI is InChI=1S/C6H7F3O3/c1-3(4(10)11)2-6(9,12)5(7)8/h2,5,12H,1H3,(H,10,11). The van der Waals surface area contributed by atoms with E-state index in [0.717, 1.165) is 6.92 Å². The fourth-order valence-corrected chi connectivity index (χ4v) is 0.428. The maximum Gasteiger partial charge on any atom is 0.331 e. The van der Waals surface area contributed by atoms with Crippen LogP contribution in [0.25, 0.3) is 0 Å². The van der Waals surface area contributed by atoms with Gasteiger partial charge in [-0.05, 0) is 13.0 Å². The van der Waals surface area contributed by atoms with Gasteiger partial charge < -0.3 is 10.2 Å². The van der Waals surface area contributed by atoms with E-state index in [4.69, 9.17) is 10.2 Å². The first-order valence-corrected chi connectivity index (χ1v) is 2.89. The molecule has 0 amide bonds. The Labute approximate surface area is 66.1 Å². The summed E-state index contributed by atoms with van der Waals surface area (Å²) in [7, 11) is 0. The van der Waals surface area contributed by atoms with Crippen LogP contribution in [0.5, 0.6) is 0 Å². The fourth-order valence-electron chi connectivity index (χ4n) is 0.428. The number of aliphatic hydroxyl groups is 1. The largest absolute Gasteiger partial charge is 0.478 e. The van der Waals surface area contributed by atoms with Crippen molar-refractivity contribution in [3.05, 3.63) is 11.6 Å². The lowest BCUT2D eigenvalue weighted by molar-refractivity contribution is -0.151. The summed E-state index contributed by atoms with van der Waals surface area (Å²) in [6, 6.07) is 0. The lowest BCUT2D eigenvalue weighted by Crippen LogP contribution is -2.29. The topological polar surface area (TPSA) is 57.5 Å². The molecule has 0 fully saturated rings. The van der Waals surface area contributed by atoms with E-state index in [1.54, 1.807) is 0 Å². The Bertz CT molecular complexity index is 210. The maximum atomic E-state index is 12.3. The van der Waals surface area contributed by atoms with E-state index >= 15 is 0 Å². The molecule has 2 N–H and O–H groups in total. The molecular formula is C6H7F3O3. The second-order valence-corrected chi connectivity index (χ2v) is 2.16. The molecule has 0 saturated carbocycles. The Morgan fingerprint density at radius 1 is 1.58 bits per heavy atom. The Morgan fingerprint density at radius 3 is 2.25 bits per heavy atom. The monoisotopic (exact) mass is 184 g/mol. The summed E-state index contributed by atoms with van der Waals surface area (Å²) in [5, 5.41) is 16.4. The van der Waals surface area contributed by atoms with Crippen LogP contribution in [0.1, 0.15) is 6.92 Å². The van der Waals surface area contributed by atoms with Crippen LogP contribution in [0.15, 0.2) is 11.6 Å². The van der Waals surface area contributed by atoms with E-state index in [9.17, 15) is 18.0 Å². The summed E-state index contributed by atoms with van der Waals surface area (Å²) in [5.41, 5.74) is -0.680. The number of aliphatic carboxylic acids is 1. The van der Waals surface area contributed by atoms with Crippen molar-refractivity contribution < 1.29 is 28.2 Å². The first kappa shape index (κ1) is 11.0. The van der Waals surface area contributed by atoms with Gasteiger partial charge in [0.2, 0.25) is 0 Å². The van der Waals surface area contributed by atoms with E-state index in [-0.39, 0.29) is 6.08 Å². The smallest absolute Gasteiger partial charge is 0.331 e. The van der Waals surface area contributed by atoms with Gasteiger partial charge in [0.1, 0.15) is 0 Å². The number of hydrogen-bond acceptors (Lipinski definition) is 2. The number of rotatable bonds is 3. The van der Waals surface area contributed by atoms with Gasteiger partial charge in [0.15, 0.2) is 0 Å². The molecule has 3 nitrogen and oxygen atoms in total. The normalized spacial score (nSPS) is 17.7. The van der Waals surface area contributed by atoms with Crippen molar-refractivity contribution in [1.29, 1.82) is 0 Å². The van der Waals surface area contributed by atoms with Gasteiger partial charge in [0.25, 0.3) is 12.3 Å². The summed E-state index contributed by atoms with van der Waals surface area (Å²) in [6.07, 6.45) is -3.70. The van der Waals surface area contributed by atoms with Gasteiger partial charge in [-0.15, -0.1) is 0 Å². The first-order chi connectivity index (χ1) is 5.27. The fraction of sp³-hybridized carbons (Fsp3) is 0.500. The number of alkyl halides is 3. The zero-order valence-electron chi connectivity index (χ0n) is 6.09. The van der Waals surface area contributed by atoms with Crippen molar-refractivity contribution in [2.45, 2.75) is 19.2 Å². The molecule has 0 heterocycles. The van der Waals surface area contributed by atoms with Crippen LogP contribution in [0.4, 0.5) is 13.2 Å². The van der Waals surface area contributed by atoms with Gasteiger partial charge in [-0.3, -0.25) is 0 Å². The highest BCUT2D eigenvalue weighted by atomic mass is 19.3. The number of halogens is 3. The molecule has 1 unspecified atom stereocenters. The number of carboxylic acids is 1. The van der Waals surface area contributed by atoms with Gasteiger partial charge in [0, 0.05) is 5.57 Å². The molecule has 0 aliphatic heterocycles. The minimum atomic E-state index is -3.87. The molecule has 0 aliphatic rings. The van der Waals surface area contributed by atoms with Crippen LogP contribution in [-0.2, 0) is 4.79 Å². The van der Waals surface area contributed by atoms with Crippen molar-refractivity contribution >= 4 is 5.97 Å². The molecule has 0 aromatic rings. The van der Waals surface area contributed by atoms with Gasteiger partial charge in [-0.1, -0.05) is 0 Å². The van der Waals surface area contributed by atoms with Crippen LogP contribution in [0.3, 0.4) is 0 Å². The molecule has 0 aromatic heterocycles. The Balaban J connectivity index is 4.61. The number of hydrogen-bond donors (Lipinski definition) is 2. The van der Waals surface area contributed by atoms with Crippen molar-refractivity contribution in [3.63, 3.8) is 0 Å². The minimum absolute atomic E-state index is 0.0417. The highest BCUT2D eigenvalue weighted by Gasteiger charge is 2.36. The zero-order chi connectivity index (χ0) is 9.94. The van der Waals surface area contributed by atoms with Crippen molar-refractivity contribution in [1.82, 2.24) is 0 Å². The van der Waals surface area contributed by atoms with Crippen LogP contribution >= 0.6 is 0 Å². The average molecular weight is 184 g/mol. The summed E-state index contributed by atoms with van der Waals surface area (Å²) < 4.78 is 35.4. The third-order valence-electron chi connectivity index (χ3n) is 1.06. The van der Waals surface area contributed by atoms with Gasteiger partial charge in [-0.2, -0.15) is 0 Å². The molecule has 0 rings (SSSR count). The molecule has 0 bridgehead atoms. The predicted octanol–water partition coefficient (Wildman–Crippen LogP) is 0.941. The second kappa shape index (κ2) is 3.57. The molecule has 12 heavy (non-hydrogen) atoms. The number of carbonyl (C=O) groups is 1. The average Bonchev–Trinajstić information content (AvgIpc) is 1.85. The molecule has 0 radical (unpaired) electrons. The summed E-state index contributed by atoms with van der Waals surface area (Å²) in [4.78, 5) is 10.0. The SMILES string of the molecule is CC(=CC(O)(F)C(F)F)C(=O)O. The molecule has 1 atom stereocenters. The van der Waals surface area contributed by atoms with Crippen LogP contribution in [-0.4, -0.2) is 28.5 Å². The first-order valence-electron chi connectivity index (χ1n) is 2.89. The third kappa shape index (κ3) is 2.91. The zero-order valence-corrected chi connectivity index (χ0v) is 6.09. The highest BCUT2D eigenvalue weighted by molar-refractivity contribution is 5.85. The van der Waals surface area contributed by atoms with Gasteiger partial charge in [-0.25, -0.2) is 18.0 Å². The molecule has 70 valence electrons. The van der Waals surface area contributed by atoms with Crippen LogP contribution < -0.4 is 0 Å². The third-order valence-corrected chi connectivity index (χ3v) is 1.06. The van der Waals surface area contributed by atoms with Crippen molar-refractivity contribution in [3.8, 4) is 0 Å². The Hall–Kier alpha value is -1.04. The molecule has 0 saturated heterocycles. The lowest BCUT2D eigenvalue weighted by atomic mass is 10.2. The quantitative estimate of drug-likeness (QED) is 0.641. The van der Waals surface area contributed by atoms with E-state index in [2.05, 4.69) is 0 Å². The summed E-state index contributed by atoms with van der Waals surface area (Å²) in [5.74, 6) is -5.44. The molecular weight excluding hydrogens is 177 g/mol. The van der Waals surface area contributed by atoms with Crippen molar-refractivity contribution in [2.24, 2.45) is 0 Å². The van der Waals surface area contributed by atoms with Crippen LogP contribution in [0.2, 0.25) is 0 Å². The van der Waals surface area contributed by atoms with Crippen molar-refractivity contribution in [2.75, 3.05) is 0 Å². The van der Waals surface area contributed by atoms with E-state index < -0.39 is 23.8 Å². The van der Waals surface area contributed by atoms with E-state index in [1.165, 1.54) is 0 Å². The van der Waals surface area contributed by atoms with Crippen LogP contribution in [0, 0.1) is 0 Å². The Kier molecular flexibility index (Phi) is 3.26. The summed E-state index contributed by atoms with van der Waals surface area (Å²) in [6.45, 7) is 0.898. The maximum absolute atomic E-state index is 12.3. The molecule has 0 aromatic carbocycles. The molecule has 6 heteroatoms. The van der Waals surface area contributed by atoms with Gasteiger partial charge >= 0.3 is 5.97 Å². The van der Waals surface area contributed by atoms with E-state index in [1.807, 2.05) is 0 Å². The molecule has 0 spiro atoms. The lowest BCUT2D eigenvalue weighted by Gasteiger charge is -2.12. The predicted molar refractivity (Wildman–Crippen MR) is 33.5 cm³/mol. The molecule has 0 aliphatic carbocycles. The Morgan fingerprint density at radius 2 is 2.00 bits per heavy atom. The van der Waals surface area contributed by atoms with Gasteiger partial charge in [0.05, 0.1) is 0 Å². The highest BCUT2D eigenvalue weighted by Crippen LogP contribution is 2.20. The second-order valence-electron chi connectivity index (χ2n) is 2.16.